The Labute approximate surface area is 124 Å². The molecule has 0 aliphatic rings. The van der Waals surface area contributed by atoms with Gasteiger partial charge in [-0.25, -0.2) is 0 Å². The average Bonchev–Trinajstić information content (AvgIpc) is 2.46. The van der Waals surface area contributed by atoms with E-state index in [1.54, 1.807) is 6.92 Å². The van der Waals surface area contributed by atoms with Crippen molar-refractivity contribution in [1.29, 1.82) is 0 Å². The molecule has 2 atom stereocenters. The quantitative estimate of drug-likeness (QED) is 0.294. The summed E-state index contributed by atoms with van der Waals surface area (Å²) in [5, 5.41) is 0. The molecule has 0 aromatic carbocycles. The van der Waals surface area contributed by atoms with Gasteiger partial charge in [-0.05, 0) is 19.3 Å². The van der Waals surface area contributed by atoms with Crippen molar-refractivity contribution in [2.24, 2.45) is 0 Å². The molecule has 0 saturated heterocycles. The van der Waals surface area contributed by atoms with Gasteiger partial charge in [0.1, 0.15) is 0 Å². The van der Waals surface area contributed by atoms with Crippen LogP contribution in [0.3, 0.4) is 0 Å². The predicted octanol–water partition coefficient (Wildman–Crippen LogP) is 3.87. The second kappa shape index (κ2) is 13.6. The molecule has 0 spiro atoms. The fourth-order valence-corrected chi connectivity index (χ4v) is 3.59. The van der Waals surface area contributed by atoms with E-state index >= 15 is 0 Å². The lowest BCUT2D eigenvalue weighted by molar-refractivity contribution is -0.143. The second-order valence-electron chi connectivity index (χ2n) is 5.00. The fourth-order valence-electron chi connectivity index (χ4n) is 1.94. The second-order valence-corrected chi connectivity index (χ2v) is 7.25. The lowest BCUT2D eigenvalue weighted by Gasteiger charge is -2.15. The Morgan fingerprint density at radius 1 is 1.10 bits per heavy atom. The van der Waals surface area contributed by atoms with Crippen LogP contribution in [-0.4, -0.2) is 37.6 Å². The Morgan fingerprint density at radius 3 is 2.45 bits per heavy atom. The van der Waals surface area contributed by atoms with Gasteiger partial charge in [-0.2, -0.15) is 0 Å². The Kier molecular flexibility index (Phi) is 13.4. The van der Waals surface area contributed by atoms with Crippen molar-refractivity contribution in [1.82, 2.24) is 0 Å². The number of esters is 1. The summed E-state index contributed by atoms with van der Waals surface area (Å²) in [6.07, 6.45) is 6.09. The van der Waals surface area contributed by atoms with Gasteiger partial charge >= 0.3 is 5.97 Å². The molecule has 0 aromatic rings. The molecule has 0 aromatic heterocycles. The van der Waals surface area contributed by atoms with Crippen LogP contribution in [0, 0.1) is 0 Å². The van der Waals surface area contributed by atoms with Gasteiger partial charge in [-0.1, -0.05) is 33.6 Å². The van der Waals surface area contributed by atoms with Gasteiger partial charge in [0, 0.05) is 24.8 Å². The zero-order valence-corrected chi connectivity index (χ0v) is 14.3. The molecular formula is C15H31O4P. The van der Waals surface area contributed by atoms with Crippen LogP contribution in [0.4, 0.5) is 0 Å². The number of rotatable bonds is 13. The Morgan fingerprint density at radius 2 is 1.85 bits per heavy atom. The molecule has 0 bridgehead atoms. The van der Waals surface area contributed by atoms with Gasteiger partial charge in [0.25, 0.3) is 0 Å². The maximum Gasteiger partial charge on any atom is 0.305 e. The van der Waals surface area contributed by atoms with Crippen LogP contribution >= 0.6 is 7.80 Å². The summed E-state index contributed by atoms with van der Waals surface area (Å²) < 4.78 is 22.7. The summed E-state index contributed by atoms with van der Waals surface area (Å²) in [5.74, 6) is -0.182. The predicted molar refractivity (Wildman–Crippen MR) is 84.2 cm³/mol. The standard InChI is InChI=1S/C15H31O4P/c1-4-7-8-10-18-12-13-20(17)14(5-2)9-11-19-15(16)6-3/h14,20H,4-13H2,1-3H3. The van der Waals surface area contributed by atoms with Crippen LogP contribution in [0.2, 0.25) is 0 Å². The van der Waals surface area contributed by atoms with E-state index in [-0.39, 0.29) is 11.6 Å². The van der Waals surface area contributed by atoms with E-state index in [4.69, 9.17) is 9.47 Å². The SMILES string of the molecule is CCCCCOCC[PH](=O)C(CC)CCOC(=O)CC. The minimum atomic E-state index is -1.64. The van der Waals surface area contributed by atoms with Crippen molar-refractivity contribution in [3.63, 3.8) is 0 Å². The summed E-state index contributed by atoms with van der Waals surface area (Å²) in [6.45, 7) is 7.73. The van der Waals surface area contributed by atoms with Crippen molar-refractivity contribution < 1.29 is 18.8 Å². The molecule has 0 fully saturated rings. The third-order valence-electron chi connectivity index (χ3n) is 3.35. The Balaban J connectivity index is 3.71. The van der Waals surface area contributed by atoms with Crippen LogP contribution in [0.15, 0.2) is 0 Å². The van der Waals surface area contributed by atoms with E-state index in [0.717, 1.165) is 19.4 Å². The van der Waals surface area contributed by atoms with Gasteiger partial charge in [0.15, 0.2) is 0 Å². The number of unbranched alkanes of at least 4 members (excludes halogenated alkanes) is 2. The van der Waals surface area contributed by atoms with Gasteiger partial charge in [0.2, 0.25) is 0 Å². The van der Waals surface area contributed by atoms with Crippen LogP contribution < -0.4 is 0 Å². The number of ether oxygens (including phenoxy) is 2. The minimum Gasteiger partial charge on any atom is -0.466 e. The monoisotopic (exact) mass is 306 g/mol. The number of carbonyl (C=O) groups excluding carboxylic acids is 1. The summed E-state index contributed by atoms with van der Waals surface area (Å²) >= 11 is 0. The molecule has 0 heterocycles. The van der Waals surface area contributed by atoms with Crippen LogP contribution in [0.25, 0.3) is 0 Å². The molecule has 2 unspecified atom stereocenters. The highest BCUT2D eigenvalue weighted by atomic mass is 31.1. The summed E-state index contributed by atoms with van der Waals surface area (Å²) in [5.41, 5.74) is 0.170. The third-order valence-corrected chi connectivity index (χ3v) is 5.66. The lowest BCUT2D eigenvalue weighted by atomic mass is 10.2. The first kappa shape index (κ1) is 19.7. The van der Waals surface area contributed by atoms with Crippen LogP contribution in [-0.2, 0) is 18.8 Å². The largest absolute Gasteiger partial charge is 0.466 e. The smallest absolute Gasteiger partial charge is 0.305 e. The van der Waals surface area contributed by atoms with Crippen molar-refractivity contribution in [2.45, 2.75) is 65.0 Å². The van der Waals surface area contributed by atoms with Gasteiger partial charge in [-0.15, -0.1) is 0 Å². The van der Waals surface area contributed by atoms with Crippen LogP contribution in [0.5, 0.6) is 0 Å². The van der Waals surface area contributed by atoms with Crippen LogP contribution in [0.1, 0.15) is 59.3 Å². The summed E-state index contributed by atoms with van der Waals surface area (Å²) in [6, 6.07) is 0. The number of hydrogen-bond acceptors (Lipinski definition) is 4. The third kappa shape index (κ3) is 10.4. The molecule has 0 aliphatic heterocycles. The molecule has 5 heteroatoms. The first-order chi connectivity index (χ1) is 9.65. The molecule has 20 heavy (non-hydrogen) atoms. The van der Waals surface area contributed by atoms with Crippen molar-refractivity contribution >= 4 is 13.8 Å². The van der Waals surface area contributed by atoms with Crippen molar-refractivity contribution in [2.75, 3.05) is 26.0 Å². The molecular weight excluding hydrogens is 275 g/mol. The minimum absolute atomic E-state index is 0.170. The Hall–Kier alpha value is -0.340. The zero-order chi connectivity index (χ0) is 15.2. The highest BCUT2D eigenvalue weighted by Crippen LogP contribution is 2.32. The van der Waals surface area contributed by atoms with E-state index < -0.39 is 7.80 Å². The van der Waals surface area contributed by atoms with E-state index in [9.17, 15) is 9.36 Å². The maximum atomic E-state index is 12.2. The van der Waals surface area contributed by atoms with E-state index in [1.807, 2.05) is 6.92 Å². The van der Waals surface area contributed by atoms with E-state index in [0.29, 0.717) is 32.2 Å². The Bertz CT molecular complexity index is 269. The van der Waals surface area contributed by atoms with Crippen molar-refractivity contribution in [3.8, 4) is 0 Å². The molecule has 0 radical (unpaired) electrons. The first-order valence-corrected chi connectivity index (χ1v) is 9.60. The fraction of sp³-hybridized carbons (Fsp3) is 0.933. The average molecular weight is 306 g/mol. The van der Waals surface area contributed by atoms with E-state index in [1.165, 1.54) is 12.8 Å². The van der Waals surface area contributed by atoms with Gasteiger partial charge in [0.05, 0.1) is 21.0 Å². The highest BCUT2D eigenvalue weighted by molar-refractivity contribution is 7.45. The number of carbonyl (C=O) groups is 1. The van der Waals surface area contributed by atoms with Gasteiger partial charge < -0.3 is 14.0 Å². The molecule has 120 valence electrons. The van der Waals surface area contributed by atoms with Gasteiger partial charge in [-0.3, -0.25) is 4.79 Å². The molecule has 4 nitrogen and oxygen atoms in total. The normalized spacial score (nSPS) is 13.9. The number of hydrogen-bond donors (Lipinski definition) is 0. The molecule has 0 aliphatic carbocycles. The summed E-state index contributed by atoms with van der Waals surface area (Å²) in [4.78, 5) is 11.0. The molecule has 0 rings (SSSR count). The lowest BCUT2D eigenvalue weighted by Crippen LogP contribution is -2.12. The first-order valence-electron chi connectivity index (χ1n) is 7.91. The topological polar surface area (TPSA) is 52.6 Å². The molecule has 0 saturated carbocycles. The van der Waals surface area contributed by atoms with E-state index in [2.05, 4.69) is 6.92 Å². The van der Waals surface area contributed by atoms with Crippen molar-refractivity contribution in [3.05, 3.63) is 0 Å². The zero-order valence-electron chi connectivity index (χ0n) is 13.3. The highest BCUT2D eigenvalue weighted by Gasteiger charge is 2.15. The maximum absolute atomic E-state index is 12.2. The molecule has 0 N–H and O–H groups in total. The summed E-state index contributed by atoms with van der Waals surface area (Å²) in [7, 11) is -1.64. The molecule has 0 amide bonds.